The molecule has 1 aromatic carbocycles. The van der Waals surface area contributed by atoms with Crippen LogP contribution < -0.4 is 16.2 Å². The van der Waals surface area contributed by atoms with Gasteiger partial charge in [0.1, 0.15) is 5.75 Å². The van der Waals surface area contributed by atoms with Crippen molar-refractivity contribution in [2.45, 2.75) is 111 Å². The van der Waals surface area contributed by atoms with Gasteiger partial charge in [0.15, 0.2) is 0 Å². The number of ether oxygens (including phenoxy) is 1. The van der Waals surface area contributed by atoms with Crippen LogP contribution >= 0.6 is 0 Å². The Balaban J connectivity index is 1.12. The molecule has 4 aliphatic rings. The van der Waals surface area contributed by atoms with Crippen LogP contribution in [0.25, 0.3) is 0 Å². The van der Waals surface area contributed by atoms with Crippen molar-refractivity contribution in [3.8, 4) is 5.75 Å². The molecule has 4 aliphatic carbocycles. The zero-order chi connectivity index (χ0) is 25.5. The monoisotopic (exact) mass is 494 g/mol. The lowest BCUT2D eigenvalue weighted by Crippen LogP contribution is -2.53. The zero-order valence-electron chi connectivity index (χ0n) is 23.7. The molecule has 4 N–H and O–H groups in total. The Hall–Kier alpha value is -1.38. The van der Waals surface area contributed by atoms with Crippen LogP contribution in [0.1, 0.15) is 111 Å². The average Bonchev–Trinajstić information content (AvgIpc) is 3.20. The molecular formula is C33H54N2O. The van der Waals surface area contributed by atoms with Crippen LogP contribution in [0.15, 0.2) is 18.2 Å². The Morgan fingerprint density at radius 3 is 2.50 bits per heavy atom. The number of hydrogen-bond donors (Lipinski definition) is 2. The summed E-state index contributed by atoms with van der Waals surface area (Å²) < 4.78 is 6.01. The predicted molar refractivity (Wildman–Crippen MR) is 153 cm³/mol. The summed E-state index contributed by atoms with van der Waals surface area (Å²) in [4.78, 5) is 0. The van der Waals surface area contributed by atoms with Crippen molar-refractivity contribution in [2.24, 2.45) is 52.3 Å². The number of nitrogens with two attached hydrogens (primary N) is 2. The lowest BCUT2D eigenvalue weighted by atomic mass is 9.44. The maximum absolute atomic E-state index is 6.06. The van der Waals surface area contributed by atoms with E-state index in [2.05, 4.69) is 27.7 Å². The minimum atomic E-state index is 0.544. The highest BCUT2D eigenvalue weighted by Gasteiger charge is 2.60. The number of hydrogen-bond acceptors (Lipinski definition) is 3. The fourth-order valence-corrected chi connectivity index (χ4v) is 10.3. The molecule has 1 aromatic rings. The molecule has 4 fully saturated rings. The first kappa shape index (κ1) is 26.2. The van der Waals surface area contributed by atoms with Gasteiger partial charge in [0, 0.05) is 5.69 Å². The van der Waals surface area contributed by atoms with Gasteiger partial charge in [0.2, 0.25) is 0 Å². The number of nitrogen functional groups attached to an aromatic ring is 2. The Morgan fingerprint density at radius 2 is 1.69 bits per heavy atom. The highest BCUT2D eigenvalue weighted by molar-refractivity contribution is 5.60. The topological polar surface area (TPSA) is 61.3 Å². The van der Waals surface area contributed by atoms with Gasteiger partial charge in [-0.15, -0.1) is 0 Å². The van der Waals surface area contributed by atoms with Gasteiger partial charge < -0.3 is 16.2 Å². The number of benzene rings is 1. The summed E-state index contributed by atoms with van der Waals surface area (Å²) >= 11 is 0. The van der Waals surface area contributed by atoms with E-state index in [0.717, 1.165) is 47.9 Å². The van der Waals surface area contributed by atoms with Crippen molar-refractivity contribution < 1.29 is 4.74 Å². The summed E-state index contributed by atoms with van der Waals surface area (Å²) in [7, 11) is 0. The van der Waals surface area contributed by atoms with Gasteiger partial charge in [-0.2, -0.15) is 0 Å². The van der Waals surface area contributed by atoms with Crippen LogP contribution in [-0.2, 0) is 0 Å². The third-order valence-corrected chi connectivity index (χ3v) is 12.3. The molecule has 0 radical (unpaired) electrons. The van der Waals surface area contributed by atoms with Crippen molar-refractivity contribution in [3.05, 3.63) is 18.2 Å². The molecule has 2 unspecified atom stereocenters. The van der Waals surface area contributed by atoms with Gasteiger partial charge in [0.25, 0.3) is 0 Å². The molecule has 4 saturated carbocycles. The SMILES string of the molecule is CC(CCC[C@@H](C)[C@H]1CC[C@H]2[C@@H]3CCC4CCCC[C@]4(C)[C@H]3CC[C@]12C)COc1ccc(N)cc1N. The lowest BCUT2D eigenvalue weighted by Gasteiger charge is -2.61. The van der Waals surface area contributed by atoms with Gasteiger partial charge in [-0.3, -0.25) is 0 Å². The van der Waals surface area contributed by atoms with Gasteiger partial charge >= 0.3 is 0 Å². The number of anilines is 2. The molecular weight excluding hydrogens is 440 g/mol. The number of rotatable bonds is 8. The fourth-order valence-electron chi connectivity index (χ4n) is 10.3. The second-order valence-corrected chi connectivity index (χ2v) is 14.3. The van der Waals surface area contributed by atoms with E-state index >= 15 is 0 Å². The highest BCUT2D eigenvalue weighted by Crippen LogP contribution is 2.68. The standard InChI is InChI=1S/C33H54N2O/c1-22(21-36-31-16-12-25(34)20-30(31)35)8-7-9-23(2)27-14-15-28-26-13-11-24-10-5-6-18-32(24,3)29(26)17-19-33(27,28)4/h12,16,20,22-24,26-29H,5-11,13-15,17-19,21,34-35H2,1-4H3/t22?,23-,24?,26+,27-,28+,29+,32+,33-/m1/s1. The second kappa shape index (κ2) is 10.4. The molecule has 3 heteroatoms. The third kappa shape index (κ3) is 4.78. The molecule has 9 atom stereocenters. The van der Waals surface area contributed by atoms with Crippen LogP contribution in [0.3, 0.4) is 0 Å². The normalized spacial score (nSPS) is 39.5. The molecule has 0 heterocycles. The molecule has 0 bridgehead atoms. The summed E-state index contributed by atoms with van der Waals surface area (Å²) in [6.07, 6.45) is 19.1. The van der Waals surface area contributed by atoms with E-state index in [1.165, 1.54) is 77.0 Å². The van der Waals surface area contributed by atoms with Crippen molar-refractivity contribution >= 4 is 11.4 Å². The first-order valence-corrected chi connectivity index (χ1v) is 15.5. The smallest absolute Gasteiger partial charge is 0.142 e. The average molecular weight is 495 g/mol. The van der Waals surface area contributed by atoms with E-state index in [1.54, 1.807) is 12.5 Å². The fraction of sp³-hybridized carbons (Fsp3) is 0.818. The van der Waals surface area contributed by atoms with E-state index in [-0.39, 0.29) is 0 Å². The third-order valence-electron chi connectivity index (χ3n) is 12.3. The predicted octanol–water partition coefficient (Wildman–Crippen LogP) is 8.72. The summed E-state index contributed by atoms with van der Waals surface area (Å²) in [5.41, 5.74) is 14.5. The van der Waals surface area contributed by atoms with E-state index in [9.17, 15) is 0 Å². The van der Waals surface area contributed by atoms with E-state index < -0.39 is 0 Å². The van der Waals surface area contributed by atoms with Crippen LogP contribution in [-0.4, -0.2) is 6.61 Å². The van der Waals surface area contributed by atoms with Gasteiger partial charge in [-0.05, 0) is 128 Å². The van der Waals surface area contributed by atoms with Crippen LogP contribution in [0.4, 0.5) is 11.4 Å². The molecule has 36 heavy (non-hydrogen) atoms. The summed E-state index contributed by atoms with van der Waals surface area (Å²) in [5, 5.41) is 0. The summed E-state index contributed by atoms with van der Waals surface area (Å²) in [5.74, 6) is 7.18. The largest absolute Gasteiger partial charge is 0.491 e. The first-order chi connectivity index (χ1) is 17.2. The van der Waals surface area contributed by atoms with Crippen LogP contribution in [0.5, 0.6) is 5.75 Å². The van der Waals surface area contributed by atoms with Crippen LogP contribution in [0, 0.1) is 52.3 Å². The molecule has 3 nitrogen and oxygen atoms in total. The molecule has 202 valence electrons. The molecule has 0 saturated heterocycles. The van der Waals surface area contributed by atoms with E-state index in [4.69, 9.17) is 16.2 Å². The second-order valence-electron chi connectivity index (χ2n) is 14.3. The van der Waals surface area contributed by atoms with Gasteiger partial charge in [0.05, 0.1) is 12.3 Å². The highest BCUT2D eigenvalue weighted by atomic mass is 16.5. The Bertz CT molecular complexity index is 900. The molecule has 0 spiro atoms. The zero-order valence-corrected chi connectivity index (χ0v) is 23.7. The molecule has 0 amide bonds. The van der Waals surface area contributed by atoms with Crippen molar-refractivity contribution in [3.63, 3.8) is 0 Å². The Labute approximate surface area is 221 Å². The summed E-state index contributed by atoms with van der Waals surface area (Å²) in [6.45, 7) is 11.1. The van der Waals surface area contributed by atoms with Crippen molar-refractivity contribution in [2.75, 3.05) is 18.1 Å². The van der Waals surface area contributed by atoms with Crippen LogP contribution in [0.2, 0.25) is 0 Å². The Kier molecular flexibility index (Phi) is 7.59. The number of fused-ring (bicyclic) bond motifs is 5. The Morgan fingerprint density at radius 1 is 0.889 bits per heavy atom. The molecule has 0 aliphatic heterocycles. The quantitative estimate of drug-likeness (QED) is 0.355. The maximum Gasteiger partial charge on any atom is 0.142 e. The van der Waals surface area contributed by atoms with Crippen molar-refractivity contribution in [1.29, 1.82) is 0 Å². The van der Waals surface area contributed by atoms with E-state index in [0.29, 0.717) is 28.1 Å². The maximum atomic E-state index is 6.06. The minimum absolute atomic E-state index is 0.544. The van der Waals surface area contributed by atoms with E-state index in [1.807, 2.05) is 12.1 Å². The molecule has 0 aromatic heterocycles. The molecule has 5 rings (SSSR count). The van der Waals surface area contributed by atoms with Crippen molar-refractivity contribution in [1.82, 2.24) is 0 Å². The lowest BCUT2D eigenvalue weighted by molar-refractivity contribution is -0.114. The van der Waals surface area contributed by atoms with Gasteiger partial charge in [-0.25, -0.2) is 0 Å². The summed E-state index contributed by atoms with van der Waals surface area (Å²) in [6, 6.07) is 5.54. The van der Waals surface area contributed by atoms with Gasteiger partial charge in [-0.1, -0.05) is 53.4 Å². The minimum Gasteiger partial charge on any atom is -0.491 e. The first-order valence-electron chi connectivity index (χ1n) is 15.5.